The largest absolute Gasteiger partial charge is 0.505 e. The first kappa shape index (κ1) is 35.2. The summed E-state index contributed by atoms with van der Waals surface area (Å²) in [5.74, 6) is 2.08. The molecular weight excluding hydrogens is 693 g/mol. The van der Waals surface area contributed by atoms with E-state index in [1.807, 2.05) is 60.1 Å². The van der Waals surface area contributed by atoms with Crippen molar-refractivity contribution in [2.75, 3.05) is 36.0 Å². The van der Waals surface area contributed by atoms with Gasteiger partial charge in [0.15, 0.2) is 0 Å². The predicted molar refractivity (Wildman–Crippen MR) is 207 cm³/mol. The van der Waals surface area contributed by atoms with Gasteiger partial charge in [0.1, 0.15) is 35.3 Å². The van der Waals surface area contributed by atoms with Crippen LogP contribution < -0.4 is 23.5 Å². The van der Waals surface area contributed by atoms with Crippen LogP contribution in [0.4, 0.5) is 34.6 Å². The number of phenolic OH excluding ortho intramolecular Hbond substituents is 2. The maximum atomic E-state index is 11.2. The minimum atomic E-state index is 0.284. The first-order chi connectivity index (χ1) is 26.9. The van der Waals surface area contributed by atoms with Gasteiger partial charge in [-0.3, -0.25) is 0 Å². The van der Waals surface area contributed by atoms with Gasteiger partial charge in [-0.05, 0) is 74.6 Å². The number of anilines is 2. The van der Waals surface area contributed by atoms with Gasteiger partial charge >= 0.3 is 11.9 Å². The molecule has 2 N–H and O–H groups in total. The number of benzene rings is 2. The highest BCUT2D eigenvalue weighted by Gasteiger charge is 2.30. The van der Waals surface area contributed by atoms with Gasteiger partial charge in [-0.25, -0.2) is 27.4 Å². The molecule has 14 heteroatoms. The van der Waals surface area contributed by atoms with E-state index < -0.39 is 0 Å². The second-order valence-corrected chi connectivity index (χ2v) is 15.7. The molecule has 0 saturated carbocycles. The van der Waals surface area contributed by atoms with E-state index in [2.05, 4.69) is 67.2 Å². The van der Waals surface area contributed by atoms with Gasteiger partial charge in [0.05, 0.1) is 65.1 Å². The summed E-state index contributed by atoms with van der Waals surface area (Å²) in [5, 5.41) is 40.8. The Morgan fingerprint density at radius 3 is 1.65 bits per heavy atom. The summed E-state index contributed by atoms with van der Waals surface area (Å²) in [5.41, 5.74) is 8.25. The van der Waals surface area contributed by atoms with Crippen LogP contribution in [0, 0.1) is 0 Å². The Morgan fingerprint density at radius 2 is 1.11 bits per heavy atom. The molecule has 14 nitrogen and oxygen atoms in total. The van der Waals surface area contributed by atoms with Gasteiger partial charge in [0.25, 0.3) is 0 Å². The van der Waals surface area contributed by atoms with E-state index in [0.717, 1.165) is 140 Å². The van der Waals surface area contributed by atoms with Crippen LogP contribution in [0.1, 0.15) is 60.8 Å². The maximum absolute atomic E-state index is 11.2. The predicted octanol–water partition coefficient (Wildman–Crippen LogP) is 5.85. The number of imidazole rings is 3. The van der Waals surface area contributed by atoms with Crippen molar-refractivity contribution in [2.24, 2.45) is 34.6 Å². The van der Waals surface area contributed by atoms with Crippen molar-refractivity contribution in [1.82, 2.24) is 13.7 Å². The Bertz CT molecular complexity index is 2120. The van der Waals surface area contributed by atoms with Gasteiger partial charge in [0.2, 0.25) is 6.33 Å². The lowest BCUT2D eigenvalue weighted by Gasteiger charge is -2.37. The molecule has 0 radical (unpaired) electrons. The third kappa shape index (κ3) is 6.87. The van der Waals surface area contributed by atoms with Crippen LogP contribution in [0.3, 0.4) is 0 Å². The smallest absolute Gasteiger partial charge is 0.421 e. The lowest BCUT2D eigenvalue weighted by molar-refractivity contribution is -0.697. The van der Waals surface area contributed by atoms with Crippen molar-refractivity contribution in [1.29, 1.82) is 0 Å². The molecule has 0 bridgehead atoms. The molecule has 2 aromatic carbocycles. The Hall–Kier alpha value is -5.53. The molecule has 0 amide bonds. The second-order valence-electron chi connectivity index (χ2n) is 15.7. The summed E-state index contributed by atoms with van der Waals surface area (Å²) in [6, 6.07) is 4.08. The average molecular weight is 746 g/mol. The lowest BCUT2D eigenvalue weighted by atomic mass is 9.90. The number of aromatic hydroxyl groups is 2. The summed E-state index contributed by atoms with van der Waals surface area (Å²) in [6.07, 6.45) is 24.6. The standard InChI is InChI=1S/C41H51N12O2/c1-46-21-25-52(40(46)44-42-34-27-30-9-3-15-50-17-5-11-32(36(30)50)38(34)54)19-7-13-48-23-24-49(29-48)14-8-20-53-26-22-47(2)41(53)45-43-35-28-31-10-4-16-51-18-6-12-33(37(31)51)39(35)55/h21-29H,3-20H2,1-2H3/q+1/p+2. The number of rotatable bonds is 12. The molecule has 9 rings (SSSR count). The summed E-state index contributed by atoms with van der Waals surface area (Å²) in [6.45, 7) is 7.63. The van der Waals surface area contributed by atoms with Crippen molar-refractivity contribution < 1.29 is 23.9 Å². The highest BCUT2D eigenvalue weighted by atomic mass is 16.3. The zero-order chi connectivity index (χ0) is 37.5. The van der Waals surface area contributed by atoms with Crippen LogP contribution in [0.15, 0.2) is 76.1 Å². The van der Waals surface area contributed by atoms with Crippen LogP contribution in [0.5, 0.6) is 11.5 Å². The first-order valence-corrected chi connectivity index (χ1v) is 20.1. The Labute approximate surface area is 321 Å². The van der Waals surface area contributed by atoms with E-state index in [1.54, 1.807) is 0 Å². The maximum Gasteiger partial charge on any atom is 0.421 e. The van der Waals surface area contributed by atoms with Crippen molar-refractivity contribution in [3.05, 3.63) is 77.9 Å². The number of azo groups is 2. The number of hydrogen-bond acceptors (Lipinski definition) is 8. The van der Waals surface area contributed by atoms with Crippen molar-refractivity contribution in [3.63, 3.8) is 0 Å². The molecule has 0 unspecified atom stereocenters. The van der Waals surface area contributed by atoms with E-state index in [-0.39, 0.29) is 11.5 Å². The second kappa shape index (κ2) is 15.0. The summed E-state index contributed by atoms with van der Waals surface area (Å²) in [4.78, 5) is 4.85. The molecule has 0 saturated heterocycles. The normalized spacial score (nSPS) is 16.4. The molecule has 0 fully saturated rings. The number of aryl methyl sites for hydroxylation is 8. The fourth-order valence-electron chi connectivity index (χ4n) is 9.19. The molecule has 0 aliphatic carbocycles. The third-order valence-electron chi connectivity index (χ3n) is 11.9. The van der Waals surface area contributed by atoms with Crippen molar-refractivity contribution in [2.45, 2.75) is 90.4 Å². The minimum absolute atomic E-state index is 0.284. The summed E-state index contributed by atoms with van der Waals surface area (Å²) < 4.78 is 12.7. The Balaban J connectivity index is 0.795. The lowest BCUT2D eigenvalue weighted by Crippen LogP contribution is -2.34. The molecule has 0 atom stereocenters. The van der Waals surface area contributed by atoms with Crippen molar-refractivity contribution >= 4 is 34.6 Å². The molecule has 4 aliphatic heterocycles. The quantitative estimate of drug-likeness (QED) is 0.123. The summed E-state index contributed by atoms with van der Waals surface area (Å²) in [7, 11) is 3.97. The van der Waals surface area contributed by atoms with Gasteiger partial charge in [-0.2, -0.15) is 0 Å². The number of hydrogen-bond donors (Lipinski definition) is 2. The molecule has 4 aliphatic rings. The molecule has 5 aromatic rings. The van der Waals surface area contributed by atoms with Gasteiger partial charge in [-0.1, -0.05) is 10.2 Å². The molecule has 55 heavy (non-hydrogen) atoms. The fourth-order valence-corrected chi connectivity index (χ4v) is 9.19. The molecular formula is C41H53N12O2+3. The number of aromatic nitrogens is 6. The molecule has 286 valence electrons. The van der Waals surface area contributed by atoms with E-state index in [1.165, 1.54) is 22.5 Å². The first-order valence-electron chi connectivity index (χ1n) is 20.1. The van der Waals surface area contributed by atoms with Gasteiger partial charge in [-0.15, -0.1) is 0 Å². The third-order valence-corrected chi connectivity index (χ3v) is 11.9. The highest BCUT2D eigenvalue weighted by molar-refractivity contribution is 5.75. The minimum Gasteiger partial charge on any atom is -0.505 e. The average Bonchev–Trinajstić information content (AvgIpc) is 3.91. The molecule has 3 aromatic heterocycles. The van der Waals surface area contributed by atoms with E-state index in [9.17, 15) is 10.2 Å². The van der Waals surface area contributed by atoms with E-state index in [4.69, 9.17) is 0 Å². The van der Waals surface area contributed by atoms with E-state index in [0.29, 0.717) is 11.4 Å². The van der Waals surface area contributed by atoms with Crippen molar-refractivity contribution in [3.8, 4) is 11.5 Å². The summed E-state index contributed by atoms with van der Waals surface area (Å²) >= 11 is 0. The monoisotopic (exact) mass is 745 g/mol. The molecule has 7 heterocycles. The SMILES string of the molecule is C[n+]1ccn(CCCn2cc[n+](CCCn3cc[n+](C)c3N=Nc3cc4c5c(c3O)CCCN5CCC4)c2)c1N=Nc1cc2c3c(c1O)CCCN3CCC2. The zero-order valence-corrected chi connectivity index (χ0v) is 32.2. The van der Waals surface area contributed by atoms with Crippen LogP contribution in [0.2, 0.25) is 0 Å². The Morgan fingerprint density at radius 1 is 0.600 bits per heavy atom. The van der Waals surface area contributed by atoms with Crippen LogP contribution in [-0.4, -0.2) is 50.1 Å². The fraction of sp³-hybridized carbons (Fsp3) is 0.488. The topological polar surface area (TPSA) is 123 Å². The molecule has 0 spiro atoms. The van der Waals surface area contributed by atoms with Gasteiger partial charge in [0, 0.05) is 71.8 Å². The number of phenols is 2. The zero-order valence-electron chi connectivity index (χ0n) is 32.2. The van der Waals surface area contributed by atoms with E-state index >= 15 is 0 Å². The van der Waals surface area contributed by atoms with Crippen LogP contribution >= 0.6 is 0 Å². The van der Waals surface area contributed by atoms with Gasteiger partial charge < -0.3 is 20.0 Å². The van der Waals surface area contributed by atoms with Crippen LogP contribution in [-0.2, 0) is 66.0 Å². The van der Waals surface area contributed by atoms with Crippen LogP contribution in [0.25, 0.3) is 0 Å². The number of nitrogens with zero attached hydrogens (tertiary/aromatic N) is 12. The highest BCUT2D eigenvalue weighted by Crippen LogP contribution is 2.46. The Kier molecular flexibility index (Phi) is 9.57.